The van der Waals surface area contributed by atoms with Gasteiger partial charge in [-0.3, -0.25) is 4.68 Å². The lowest BCUT2D eigenvalue weighted by molar-refractivity contribution is 0.785. The van der Waals surface area contributed by atoms with E-state index in [9.17, 15) is 0 Å². The van der Waals surface area contributed by atoms with Crippen molar-refractivity contribution < 1.29 is 0 Å². The van der Waals surface area contributed by atoms with Crippen LogP contribution in [0.2, 0.25) is 0 Å². The normalized spacial score (nSPS) is 11.0. The Morgan fingerprint density at radius 1 is 0.870 bits per heavy atom. The Morgan fingerprint density at radius 3 is 2.30 bits per heavy atom. The minimum absolute atomic E-state index is 0.743. The van der Waals surface area contributed by atoms with Crippen LogP contribution in [0.1, 0.15) is 11.3 Å². The molecular formula is C19H16N4. The van der Waals surface area contributed by atoms with Crippen LogP contribution >= 0.6 is 0 Å². The summed E-state index contributed by atoms with van der Waals surface area (Å²) in [5.41, 5.74) is 4.12. The molecule has 0 aliphatic heterocycles. The second kappa shape index (κ2) is 5.65. The van der Waals surface area contributed by atoms with E-state index in [4.69, 9.17) is 9.97 Å². The van der Waals surface area contributed by atoms with Gasteiger partial charge in [0, 0.05) is 19.0 Å². The van der Waals surface area contributed by atoms with Crippen LogP contribution in [0.25, 0.3) is 22.4 Å². The van der Waals surface area contributed by atoms with E-state index < -0.39 is 0 Å². The Bertz CT molecular complexity index is 943. The summed E-state index contributed by atoms with van der Waals surface area (Å²) in [6.45, 7) is 0. The van der Waals surface area contributed by atoms with Crippen molar-refractivity contribution in [2.75, 3.05) is 0 Å². The molecule has 0 saturated heterocycles. The van der Waals surface area contributed by atoms with E-state index in [0.717, 1.165) is 34.5 Å². The predicted molar refractivity (Wildman–Crippen MR) is 91.0 cm³/mol. The number of aromatic nitrogens is 4. The summed E-state index contributed by atoms with van der Waals surface area (Å²) in [6, 6.07) is 20.4. The van der Waals surface area contributed by atoms with Crippen molar-refractivity contribution in [3.63, 3.8) is 0 Å². The minimum atomic E-state index is 0.743. The zero-order chi connectivity index (χ0) is 15.6. The highest BCUT2D eigenvalue weighted by molar-refractivity contribution is 5.79. The molecule has 0 amide bonds. The first kappa shape index (κ1) is 13.6. The number of rotatable bonds is 3. The van der Waals surface area contributed by atoms with Crippen LogP contribution < -0.4 is 0 Å². The van der Waals surface area contributed by atoms with Crippen molar-refractivity contribution in [2.45, 2.75) is 6.42 Å². The van der Waals surface area contributed by atoms with Gasteiger partial charge in [-0.05, 0) is 5.56 Å². The second-order valence-corrected chi connectivity index (χ2v) is 5.53. The smallest absolute Gasteiger partial charge is 0.161 e. The molecule has 0 atom stereocenters. The van der Waals surface area contributed by atoms with Crippen LogP contribution in [0.5, 0.6) is 0 Å². The SMILES string of the molecule is Cn1ncc2c(Cc3ccccc3)nc(-c3ccccc3)nc21. The zero-order valence-electron chi connectivity index (χ0n) is 12.8. The van der Waals surface area contributed by atoms with Crippen molar-refractivity contribution >= 4 is 11.0 Å². The molecule has 0 aliphatic rings. The Hall–Kier alpha value is -3.01. The lowest BCUT2D eigenvalue weighted by Gasteiger charge is -2.07. The number of hydrogen-bond donors (Lipinski definition) is 0. The van der Waals surface area contributed by atoms with Gasteiger partial charge in [-0.2, -0.15) is 5.10 Å². The quantitative estimate of drug-likeness (QED) is 0.580. The Kier molecular flexibility index (Phi) is 3.35. The fourth-order valence-electron chi connectivity index (χ4n) is 2.72. The molecule has 0 bridgehead atoms. The lowest BCUT2D eigenvalue weighted by atomic mass is 10.1. The number of nitrogens with zero attached hydrogens (tertiary/aromatic N) is 4. The maximum Gasteiger partial charge on any atom is 0.161 e. The van der Waals surface area contributed by atoms with Crippen LogP contribution in [-0.4, -0.2) is 19.7 Å². The Balaban J connectivity index is 1.88. The first-order chi connectivity index (χ1) is 11.3. The number of benzene rings is 2. The highest BCUT2D eigenvalue weighted by Crippen LogP contribution is 2.23. The number of aryl methyl sites for hydroxylation is 1. The third-order valence-electron chi connectivity index (χ3n) is 3.92. The molecule has 23 heavy (non-hydrogen) atoms. The molecular weight excluding hydrogens is 284 g/mol. The van der Waals surface area contributed by atoms with Gasteiger partial charge in [0.25, 0.3) is 0 Å². The molecule has 0 radical (unpaired) electrons. The molecule has 0 spiro atoms. The van der Waals surface area contributed by atoms with Gasteiger partial charge in [-0.25, -0.2) is 9.97 Å². The highest BCUT2D eigenvalue weighted by Gasteiger charge is 2.13. The minimum Gasteiger partial charge on any atom is -0.250 e. The van der Waals surface area contributed by atoms with E-state index in [1.807, 2.05) is 49.6 Å². The van der Waals surface area contributed by atoms with Gasteiger partial charge < -0.3 is 0 Å². The second-order valence-electron chi connectivity index (χ2n) is 5.53. The van der Waals surface area contributed by atoms with E-state index in [-0.39, 0.29) is 0 Å². The van der Waals surface area contributed by atoms with Gasteiger partial charge in [-0.1, -0.05) is 60.7 Å². The average molecular weight is 300 g/mol. The molecule has 0 aliphatic carbocycles. The average Bonchev–Trinajstić information content (AvgIpc) is 2.98. The summed E-state index contributed by atoms with van der Waals surface area (Å²) in [6.07, 6.45) is 2.62. The number of fused-ring (bicyclic) bond motifs is 1. The Labute approximate surface area is 134 Å². The van der Waals surface area contributed by atoms with Gasteiger partial charge >= 0.3 is 0 Å². The topological polar surface area (TPSA) is 43.6 Å². The van der Waals surface area contributed by atoms with E-state index in [0.29, 0.717) is 0 Å². The maximum atomic E-state index is 4.82. The van der Waals surface area contributed by atoms with Crippen LogP contribution in [0.4, 0.5) is 0 Å². The van der Waals surface area contributed by atoms with E-state index in [2.05, 4.69) is 29.4 Å². The molecule has 0 unspecified atom stereocenters. The van der Waals surface area contributed by atoms with E-state index >= 15 is 0 Å². The molecule has 0 saturated carbocycles. The molecule has 0 fully saturated rings. The van der Waals surface area contributed by atoms with E-state index in [1.54, 1.807) is 4.68 Å². The molecule has 4 rings (SSSR count). The molecule has 2 aromatic heterocycles. The molecule has 4 nitrogen and oxygen atoms in total. The zero-order valence-corrected chi connectivity index (χ0v) is 12.8. The first-order valence-corrected chi connectivity index (χ1v) is 7.59. The van der Waals surface area contributed by atoms with Gasteiger partial charge in [0.2, 0.25) is 0 Å². The van der Waals surface area contributed by atoms with E-state index in [1.165, 1.54) is 5.56 Å². The van der Waals surface area contributed by atoms with Gasteiger partial charge in [-0.15, -0.1) is 0 Å². The summed E-state index contributed by atoms with van der Waals surface area (Å²) >= 11 is 0. The van der Waals surface area contributed by atoms with Crippen LogP contribution in [0, 0.1) is 0 Å². The van der Waals surface area contributed by atoms with Gasteiger partial charge in [0.1, 0.15) is 0 Å². The molecule has 0 N–H and O–H groups in total. The lowest BCUT2D eigenvalue weighted by Crippen LogP contribution is -2.01. The fraction of sp³-hybridized carbons (Fsp3) is 0.105. The first-order valence-electron chi connectivity index (χ1n) is 7.59. The molecule has 4 aromatic rings. The summed E-state index contributed by atoms with van der Waals surface area (Å²) < 4.78 is 1.80. The van der Waals surface area contributed by atoms with Crippen molar-refractivity contribution in [1.82, 2.24) is 19.7 Å². The van der Waals surface area contributed by atoms with Crippen molar-refractivity contribution in [2.24, 2.45) is 7.05 Å². The molecule has 112 valence electrons. The molecule has 4 heteroatoms. The standard InChI is InChI=1S/C19H16N4/c1-23-19-16(13-20-23)17(12-14-8-4-2-5-9-14)21-18(22-19)15-10-6-3-7-11-15/h2-11,13H,12H2,1H3. The summed E-state index contributed by atoms with van der Waals surface area (Å²) in [4.78, 5) is 9.51. The van der Waals surface area contributed by atoms with Gasteiger partial charge in [0.05, 0.1) is 17.3 Å². The Morgan fingerprint density at radius 2 is 1.57 bits per heavy atom. The summed E-state index contributed by atoms with van der Waals surface area (Å²) in [5, 5.41) is 5.36. The fourth-order valence-corrected chi connectivity index (χ4v) is 2.72. The van der Waals surface area contributed by atoms with Crippen LogP contribution in [0.3, 0.4) is 0 Å². The van der Waals surface area contributed by atoms with Crippen molar-refractivity contribution in [3.8, 4) is 11.4 Å². The van der Waals surface area contributed by atoms with Crippen LogP contribution in [0.15, 0.2) is 66.9 Å². The van der Waals surface area contributed by atoms with Gasteiger partial charge in [0.15, 0.2) is 11.5 Å². The van der Waals surface area contributed by atoms with Crippen molar-refractivity contribution in [1.29, 1.82) is 0 Å². The maximum absolute atomic E-state index is 4.82. The van der Waals surface area contributed by atoms with Crippen molar-refractivity contribution in [3.05, 3.63) is 78.1 Å². The third-order valence-corrected chi connectivity index (χ3v) is 3.92. The molecule has 2 aromatic carbocycles. The number of hydrogen-bond acceptors (Lipinski definition) is 3. The third kappa shape index (κ3) is 2.59. The largest absolute Gasteiger partial charge is 0.250 e. The summed E-state index contributed by atoms with van der Waals surface area (Å²) in [7, 11) is 1.91. The predicted octanol–water partition coefficient (Wildman–Crippen LogP) is 3.62. The monoisotopic (exact) mass is 300 g/mol. The highest BCUT2D eigenvalue weighted by atomic mass is 15.3. The van der Waals surface area contributed by atoms with Crippen LogP contribution in [-0.2, 0) is 13.5 Å². The molecule has 2 heterocycles. The summed E-state index contributed by atoms with van der Waals surface area (Å²) in [5.74, 6) is 0.743.